The van der Waals surface area contributed by atoms with Crippen molar-refractivity contribution in [3.05, 3.63) is 72.4 Å². The molecule has 0 unspecified atom stereocenters. The Morgan fingerprint density at radius 1 is 0.875 bits per heavy atom. The van der Waals surface area contributed by atoms with E-state index in [9.17, 15) is 0 Å². The smallest absolute Gasteiger partial charge is 0.259 e. The Labute approximate surface area is 187 Å². The summed E-state index contributed by atoms with van der Waals surface area (Å²) in [5.41, 5.74) is 4.10. The minimum Gasteiger partial charge on any atom is -0.497 e. The number of methoxy groups -OCH3 is 1. The molecule has 1 aliphatic rings. The molecule has 5 rings (SSSR count). The lowest BCUT2D eigenvalue weighted by Crippen LogP contribution is -2.46. The van der Waals surface area contributed by atoms with Gasteiger partial charge in [0.15, 0.2) is 0 Å². The third-order valence-corrected chi connectivity index (χ3v) is 5.72. The van der Waals surface area contributed by atoms with E-state index >= 15 is 0 Å². The van der Waals surface area contributed by atoms with E-state index in [-0.39, 0.29) is 0 Å². The first-order valence-corrected chi connectivity index (χ1v) is 10.7. The first-order chi connectivity index (χ1) is 15.7. The van der Waals surface area contributed by atoms with E-state index in [2.05, 4.69) is 37.1 Å². The summed E-state index contributed by atoms with van der Waals surface area (Å²) >= 11 is 0. The monoisotopic (exact) mass is 427 g/mol. The van der Waals surface area contributed by atoms with Crippen LogP contribution in [-0.2, 0) is 0 Å². The minimum atomic E-state index is 0.475. The maximum absolute atomic E-state index is 5.48. The summed E-state index contributed by atoms with van der Waals surface area (Å²) in [5, 5.41) is 4.13. The lowest BCUT2D eigenvalue weighted by Gasteiger charge is -2.36. The van der Waals surface area contributed by atoms with E-state index < -0.39 is 0 Å². The summed E-state index contributed by atoms with van der Waals surface area (Å²) in [6, 6.07) is 20.3. The van der Waals surface area contributed by atoms with Crippen molar-refractivity contribution in [2.24, 2.45) is 0 Å². The topological polar surface area (TPSA) is 67.5 Å². The minimum absolute atomic E-state index is 0.475. The third kappa shape index (κ3) is 4.14. The number of ether oxygens (including phenoxy) is 1. The standard InChI is InChI=1S/C25H25N5O2/c1-18-5-3-6-19(15-18)24-27-25(32-28-24)20-9-10-23(26-17-20)30-13-11-29(12-14-30)21-7-4-8-22(16-21)31-2/h3-10,15-17H,11-14H2,1-2H3. The van der Waals surface area contributed by atoms with Crippen LogP contribution in [0, 0.1) is 6.92 Å². The number of piperazine rings is 1. The summed E-state index contributed by atoms with van der Waals surface area (Å²) in [7, 11) is 1.70. The molecule has 1 fully saturated rings. The van der Waals surface area contributed by atoms with Gasteiger partial charge in [-0.05, 0) is 37.3 Å². The second kappa shape index (κ2) is 8.70. The number of hydrogen-bond acceptors (Lipinski definition) is 7. The average molecular weight is 428 g/mol. The molecule has 0 atom stereocenters. The molecule has 162 valence electrons. The molecule has 2 aromatic heterocycles. The zero-order valence-corrected chi connectivity index (χ0v) is 18.2. The molecule has 3 heterocycles. The van der Waals surface area contributed by atoms with Crippen LogP contribution in [0.4, 0.5) is 11.5 Å². The van der Waals surface area contributed by atoms with Crippen molar-refractivity contribution in [2.75, 3.05) is 43.1 Å². The van der Waals surface area contributed by atoms with Crippen molar-refractivity contribution in [3.8, 4) is 28.6 Å². The largest absolute Gasteiger partial charge is 0.497 e. The number of nitrogens with zero attached hydrogens (tertiary/aromatic N) is 5. The molecule has 0 N–H and O–H groups in total. The molecule has 0 saturated carbocycles. The molecule has 0 aliphatic carbocycles. The van der Waals surface area contributed by atoms with Gasteiger partial charge < -0.3 is 19.1 Å². The molecular formula is C25H25N5O2. The maximum atomic E-state index is 5.48. The second-order valence-corrected chi connectivity index (χ2v) is 7.87. The van der Waals surface area contributed by atoms with Gasteiger partial charge in [-0.2, -0.15) is 4.98 Å². The zero-order chi connectivity index (χ0) is 21.9. The summed E-state index contributed by atoms with van der Waals surface area (Å²) in [6.45, 7) is 5.72. The maximum Gasteiger partial charge on any atom is 0.259 e. The molecule has 4 aromatic rings. The van der Waals surface area contributed by atoms with Crippen molar-refractivity contribution in [1.29, 1.82) is 0 Å². The highest BCUT2D eigenvalue weighted by Gasteiger charge is 2.19. The zero-order valence-electron chi connectivity index (χ0n) is 18.2. The van der Waals surface area contributed by atoms with Crippen LogP contribution in [0.3, 0.4) is 0 Å². The van der Waals surface area contributed by atoms with Gasteiger partial charge in [0.05, 0.1) is 12.7 Å². The normalized spacial score (nSPS) is 13.9. The van der Waals surface area contributed by atoms with Crippen molar-refractivity contribution >= 4 is 11.5 Å². The van der Waals surface area contributed by atoms with E-state index in [0.29, 0.717) is 11.7 Å². The predicted molar refractivity (Wildman–Crippen MR) is 125 cm³/mol. The van der Waals surface area contributed by atoms with Crippen LogP contribution in [0.2, 0.25) is 0 Å². The molecule has 1 saturated heterocycles. The van der Waals surface area contributed by atoms with Gasteiger partial charge in [-0.15, -0.1) is 0 Å². The second-order valence-electron chi connectivity index (χ2n) is 7.87. The van der Waals surface area contributed by atoms with Crippen molar-refractivity contribution in [3.63, 3.8) is 0 Å². The van der Waals surface area contributed by atoms with Gasteiger partial charge in [-0.1, -0.05) is 35.0 Å². The van der Waals surface area contributed by atoms with Gasteiger partial charge in [0, 0.05) is 49.7 Å². The van der Waals surface area contributed by atoms with E-state index in [1.165, 1.54) is 5.69 Å². The van der Waals surface area contributed by atoms with Gasteiger partial charge in [-0.3, -0.25) is 0 Å². The van der Waals surface area contributed by atoms with Crippen LogP contribution >= 0.6 is 0 Å². The highest BCUT2D eigenvalue weighted by atomic mass is 16.5. The summed E-state index contributed by atoms with van der Waals surface area (Å²) < 4.78 is 10.8. The summed E-state index contributed by atoms with van der Waals surface area (Å²) in [5.74, 6) is 2.90. The van der Waals surface area contributed by atoms with Crippen LogP contribution < -0.4 is 14.5 Å². The number of aryl methyl sites for hydroxylation is 1. The molecule has 0 spiro atoms. The fourth-order valence-corrected chi connectivity index (χ4v) is 3.94. The Hall–Kier alpha value is -3.87. The molecule has 1 aliphatic heterocycles. The number of anilines is 2. The summed E-state index contributed by atoms with van der Waals surface area (Å²) in [6.07, 6.45) is 1.80. The number of aromatic nitrogens is 3. The van der Waals surface area contributed by atoms with Gasteiger partial charge in [0.2, 0.25) is 5.82 Å². The highest BCUT2D eigenvalue weighted by molar-refractivity contribution is 5.61. The lowest BCUT2D eigenvalue weighted by atomic mass is 10.1. The average Bonchev–Trinajstić information content (AvgIpc) is 3.35. The van der Waals surface area contributed by atoms with Crippen molar-refractivity contribution in [1.82, 2.24) is 15.1 Å². The van der Waals surface area contributed by atoms with Crippen molar-refractivity contribution < 1.29 is 9.26 Å². The Morgan fingerprint density at radius 2 is 1.69 bits per heavy atom. The molecule has 0 radical (unpaired) electrons. The molecule has 0 bridgehead atoms. The van der Waals surface area contributed by atoms with Crippen LogP contribution in [0.25, 0.3) is 22.8 Å². The van der Waals surface area contributed by atoms with Gasteiger partial charge in [-0.25, -0.2) is 4.98 Å². The van der Waals surface area contributed by atoms with Gasteiger partial charge in [0.25, 0.3) is 5.89 Å². The highest BCUT2D eigenvalue weighted by Crippen LogP contribution is 2.26. The first-order valence-electron chi connectivity index (χ1n) is 10.7. The van der Waals surface area contributed by atoms with E-state index in [1.807, 2.05) is 55.5 Å². The Morgan fingerprint density at radius 3 is 2.44 bits per heavy atom. The number of pyridine rings is 1. The number of hydrogen-bond donors (Lipinski definition) is 0. The Bertz CT molecular complexity index is 1200. The first kappa shape index (κ1) is 20.1. The molecule has 32 heavy (non-hydrogen) atoms. The fourth-order valence-electron chi connectivity index (χ4n) is 3.94. The lowest BCUT2D eigenvalue weighted by molar-refractivity contribution is 0.414. The van der Waals surface area contributed by atoms with E-state index in [4.69, 9.17) is 9.26 Å². The van der Waals surface area contributed by atoms with Crippen LogP contribution in [0.5, 0.6) is 5.75 Å². The molecular weight excluding hydrogens is 402 g/mol. The number of rotatable bonds is 5. The fraction of sp³-hybridized carbons (Fsp3) is 0.240. The third-order valence-electron chi connectivity index (χ3n) is 5.72. The van der Waals surface area contributed by atoms with Gasteiger partial charge in [0.1, 0.15) is 11.6 Å². The van der Waals surface area contributed by atoms with Crippen LogP contribution in [0.15, 0.2) is 71.4 Å². The SMILES string of the molecule is COc1cccc(N2CCN(c3ccc(-c4nc(-c5cccc(C)c5)no4)cn3)CC2)c1. The van der Waals surface area contributed by atoms with Crippen LogP contribution in [-0.4, -0.2) is 48.4 Å². The number of benzene rings is 2. The van der Waals surface area contributed by atoms with Crippen LogP contribution in [0.1, 0.15) is 5.56 Å². The van der Waals surface area contributed by atoms with E-state index in [1.54, 1.807) is 13.3 Å². The van der Waals surface area contributed by atoms with Crippen molar-refractivity contribution in [2.45, 2.75) is 6.92 Å². The van der Waals surface area contributed by atoms with E-state index in [0.717, 1.165) is 54.4 Å². The van der Waals surface area contributed by atoms with Gasteiger partial charge >= 0.3 is 0 Å². The Balaban J connectivity index is 1.25. The quantitative estimate of drug-likeness (QED) is 0.466. The molecule has 7 heteroatoms. The molecule has 0 amide bonds. The molecule has 7 nitrogen and oxygen atoms in total. The predicted octanol–water partition coefficient (Wildman–Crippen LogP) is 4.44. The molecule has 2 aromatic carbocycles. The summed E-state index contributed by atoms with van der Waals surface area (Å²) in [4.78, 5) is 13.9. The Kier molecular flexibility index (Phi) is 5.46.